The Hall–Kier alpha value is -4.30. The Balaban J connectivity index is 1.86. The van der Waals surface area contributed by atoms with Crippen molar-refractivity contribution in [1.29, 1.82) is 0 Å². The number of aromatic hydroxyl groups is 1. The highest BCUT2D eigenvalue weighted by molar-refractivity contribution is 6.34. The highest BCUT2D eigenvalue weighted by Gasteiger charge is 2.16. The first-order chi connectivity index (χ1) is 18.4. The number of benzene rings is 3. The number of halogens is 1. The average molecular weight is 535 g/mol. The van der Waals surface area contributed by atoms with E-state index in [0.29, 0.717) is 23.5 Å². The van der Waals surface area contributed by atoms with Gasteiger partial charge in [0.15, 0.2) is 0 Å². The van der Waals surface area contributed by atoms with Crippen molar-refractivity contribution in [2.24, 2.45) is 5.10 Å². The molecule has 38 heavy (non-hydrogen) atoms. The predicted molar refractivity (Wildman–Crippen MR) is 152 cm³/mol. The second-order valence-corrected chi connectivity index (χ2v) is 8.52. The molecule has 3 rings (SSSR count). The van der Waals surface area contributed by atoms with E-state index in [2.05, 4.69) is 34.6 Å². The second kappa shape index (κ2) is 13.9. The third-order valence-corrected chi connectivity index (χ3v) is 5.95. The van der Waals surface area contributed by atoms with Crippen molar-refractivity contribution in [3.8, 4) is 11.5 Å². The maximum absolute atomic E-state index is 13.1. The van der Waals surface area contributed by atoms with Crippen LogP contribution in [0.3, 0.4) is 0 Å². The van der Waals surface area contributed by atoms with E-state index < -0.39 is 11.8 Å². The summed E-state index contributed by atoms with van der Waals surface area (Å²) in [4.78, 5) is 28.2. The summed E-state index contributed by atoms with van der Waals surface area (Å²) in [7, 11) is 0. The Labute approximate surface area is 227 Å². The number of carbonyl (C=O) groups is 2. The normalized spacial score (nSPS) is 11.3. The molecule has 0 bridgehead atoms. The number of anilines is 1. The van der Waals surface area contributed by atoms with Gasteiger partial charge in [-0.15, -0.1) is 0 Å². The molecule has 0 radical (unpaired) electrons. The lowest BCUT2D eigenvalue weighted by Gasteiger charge is -2.21. The summed E-state index contributed by atoms with van der Waals surface area (Å²) in [6, 6.07) is 18.9. The molecule has 0 heterocycles. The summed E-state index contributed by atoms with van der Waals surface area (Å²) in [6.45, 7) is 8.22. The molecular weight excluding hydrogens is 504 g/mol. The molecule has 0 saturated carbocycles. The predicted octanol–water partition coefficient (Wildman–Crippen LogP) is 5.21. The van der Waals surface area contributed by atoms with E-state index in [1.54, 1.807) is 42.5 Å². The van der Waals surface area contributed by atoms with Crippen molar-refractivity contribution >= 4 is 41.4 Å². The van der Waals surface area contributed by atoms with Crippen LogP contribution in [0.1, 0.15) is 42.3 Å². The van der Waals surface area contributed by atoms with Crippen LogP contribution in [0.2, 0.25) is 5.02 Å². The maximum atomic E-state index is 13.1. The van der Waals surface area contributed by atoms with Crippen LogP contribution in [0, 0.1) is 0 Å². The molecule has 0 spiro atoms. The first-order valence-corrected chi connectivity index (χ1v) is 12.7. The fourth-order valence-corrected chi connectivity index (χ4v) is 3.86. The van der Waals surface area contributed by atoms with Gasteiger partial charge in [0, 0.05) is 24.3 Å². The number of nitrogens with zero attached hydrogens (tertiary/aromatic N) is 2. The summed E-state index contributed by atoms with van der Waals surface area (Å²) in [5.74, 6) is -0.668. The van der Waals surface area contributed by atoms with E-state index in [0.717, 1.165) is 18.8 Å². The molecule has 3 aromatic carbocycles. The second-order valence-electron chi connectivity index (χ2n) is 8.11. The molecule has 0 aromatic heterocycles. The zero-order valence-electron chi connectivity index (χ0n) is 21.6. The largest absolute Gasteiger partial charge is 0.507 e. The van der Waals surface area contributed by atoms with Crippen molar-refractivity contribution in [2.75, 3.05) is 24.6 Å². The SMILES string of the molecule is CCOc1ccc(O)c(C=NNC(=O)C(=Cc2ccc(N(CC)CC)cc2)NC(=O)c2ccccc2Cl)c1. The lowest BCUT2D eigenvalue weighted by atomic mass is 10.1. The molecule has 3 aromatic rings. The molecule has 0 unspecified atom stereocenters. The molecule has 0 aliphatic heterocycles. The average Bonchev–Trinajstić information content (AvgIpc) is 2.92. The Morgan fingerprint density at radius 1 is 1.03 bits per heavy atom. The van der Waals surface area contributed by atoms with Gasteiger partial charge in [-0.3, -0.25) is 9.59 Å². The number of phenolic OH excluding ortho intramolecular Hbond substituents is 1. The minimum Gasteiger partial charge on any atom is -0.507 e. The first-order valence-electron chi connectivity index (χ1n) is 12.3. The number of hydrogen-bond acceptors (Lipinski definition) is 6. The summed E-state index contributed by atoms with van der Waals surface area (Å²) >= 11 is 6.18. The van der Waals surface area contributed by atoms with Crippen LogP contribution < -0.4 is 20.4 Å². The fourth-order valence-electron chi connectivity index (χ4n) is 3.64. The number of nitrogens with one attached hydrogen (secondary N) is 2. The standard InChI is InChI=1S/C29H31ClN4O4/c1-4-34(5-2)22-13-11-20(12-14-22)17-26(32-28(36)24-9-7-8-10-25(24)30)29(37)33-31-19-21-18-23(38-6-3)15-16-27(21)35/h7-19,35H,4-6H2,1-3H3,(H,32,36)(H,33,37). The monoisotopic (exact) mass is 534 g/mol. The van der Waals surface area contributed by atoms with Crippen molar-refractivity contribution in [3.05, 3.63) is 94.1 Å². The zero-order chi connectivity index (χ0) is 27.5. The van der Waals surface area contributed by atoms with Crippen LogP contribution in [0.5, 0.6) is 11.5 Å². The number of ether oxygens (including phenoxy) is 1. The van der Waals surface area contributed by atoms with Crippen molar-refractivity contribution in [2.45, 2.75) is 20.8 Å². The Morgan fingerprint density at radius 2 is 1.74 bits per heavy atom. The van der Waals surface area contributed by atoms with Gasteiger partial charge in [-0.1, -0.05) is 35.9 Å². The third kappa shape index (κ3) is 7.60. The maximum Gasteiger partial charge on any atom is 0.287 e. The molecule has 9 heteroatoms. The molecule has 0 aliphatic carbocycles. The summed E-state index contributed by atoms with van der Waals surface area (Å²) in [6.07, 6.45) is 2.85. The molecule has 3 N–H and O–H groups in total. The Kier molecular flexibility index (Phi) is 10.3. The minimum atomic E-state index is -0.657. The molecule has 198 valence electrons. The molecular formula is C29H31ClN4O4. The number of carbonyl (C=O) groups excluding carboxylic acids is 2. The topological polar surface area (TPSA) is 103 Å². The van der Waals surface area contributed by atoms with Crippen LogP contribution in [0.4, 0.5) is 5.69 Å². The van der Waals surface area contributed by atoms with E-state index in [4.69, 9.17) is 16.3 Å². The van der Waals surface area contributed by atoms with Gasteiger partial charge in [0.2, 0.25) is 0 Å². The van der Waals surface area contributed by atoms with Gasteiger partial charge in [0.1, 0.15) is 17.2 Å². The van der Waals surface area contributed by atoms with Gasteiger partial charge in [-0.05, 0) is 74.9 Å². The van der Waals surface area contributed by atoms with Crippen molar-refractivity contribution in [1.82, 2.24) is 10.7 Å². The zero-order valence-corrected chi connectivity index (χ0v) is 22.3. The fraction of sp³-hybridized carbons (Fsp3) is 0.207. The van der Waals surface area contributed by atoms with Gasteiger partial charge in [0.25, 0.3) is 11.8 Å². The molecule has 0 saturated heterocycles. The van der Waals surface area contributed by atoms with Crippen LogP contribution in [0.25, 0.3) is 6.08 Å². The minimum absolute atomic E-state index is 0.0254. The van der Waals surface area contributed by atoms with E-state index in [9.17, 15) is 14.7 Å². The number of amides is 2. The van der Waals surface area contributed by atoms with E-state index in [-0.39, 0.29) is 22.0 Å². The van der Waals surface area contributed by atoms with E-state index >= 15 is 0 Å². The van der Waals surface area contributed by atoms with Crippen LogP contribution in [-0.4, -0.2) is 42.8 Å². The lowest BCUT2D eigenvalue weighted by Crippen LogP contribution is -2.33. The Bertz CT molecular complexity index is 1320. The van der Waals surface area contributed by atoms with Gasteiger partial charge in [-0.25, -0.2) is 5.43 Å². The summed E-state index contributed by atoms with van der Waals surface area (Å²) < 4.78 is 5.44. The Morgan fingerprint density at radius 3 is 2.39 bits per heavy atom. The van der Waals surface area contributed by atoms with Crippen molar-refractivity contribution < 1.29 is 19.4 Å². The van der Waals surface area contributed by atoms with Crippen LogP contribution >= 0.6 is 11.6 Å². The highest BCUT2D eigenvalue weighted by atomic mass is 35.5. The van der Waals surface area contributed by atoms with Crippen LogP contribution in [0.15, 0.2) is 77.5 Å². The van der Waals surface area contributed by atoms with E-state index in [1.165, 1.54) is 12.3 Å². The quantitative estimate of drug-likeness (QED) is 0.178. The van der Waals surface area contributed by atoms with Gasteiger partial charge < -0.3 is 20.1 Å². The lowest BCUT2D eigenvalue weighted by molar-refractivity contribution is -0.117. The number of hydrogen-bond donors (Lipinski definition) is 3. The number of hydrazone groups is 1. The van der Waals surface area contributed by atoms with Gasteiger partial charge >= 0.3 is 0 Å². The third-order valence-electron chi connectivity index (χ3n) is 5.62. The smallest absolute Gasteiger partial charge is 0.287 e. The summed E-state index contributed by atoms with van der Waals surface area (Å²) in [5, 5.41) is 17.0. The first kappa shape index (κ1) is 28.3. The summed E-state index contributed by atoms with van der Waals surface area (Å²) in [5.41, 5.74) is 4.71. The molecule has 0 aliphatic rings. The van der Waals surface area contributed by atoms with E-state index in [1.807, 2.05) is 31.2 Å². The van der Waals surface area contributed by atoms with Gasteiger partial charge in [0.05, 0.1) is 23.4 Å². The highest BCUT2D eigenvalue weighted by Crippen LogP contribution is 2.22. The number of phenols is 1. The molecule has 0 fully saturated rings. The van der Waals surface area contributed by atoms with Gasteiger partial charge in [-0.2, -0.15) is 5.10 Å². The van der Waals surface area contributed by atoms with Crippen LogP contribution in [-0.2, 0) is 4.79 Å². The van der Waals surface area contributed by atoms with Crippen molar-refractivity contribution in [3.63, 3.8) is 0 Å². The number of rotatable bonds is 11. The molecule has 2 amide bonds. The molecule has 0 atom stereocenters. The molecule has 8 nitrogen and oxygen atoms in total.